The lowest BCUT2D eigenvalue weighted by atomic mass is 9.98. The first-order valence-electron chi connectivity index (χ1n) is 9.99. The Kier molecular flexibility index (Phi) is 6.89. The van der Waals surface area contributed by atoms with Gasteiger partial charge in [0.05, 0.1) is 26.0 Å². The molecule has 0 spiro atoms. The lowest BCUT2D eigenvalue weighted by Crippen LogP contribution is -2.39. The van der Waals surface area contributed by atoms with Crippen LogP contribution >= 0.6 is 0 Å². The Labute approximate surface area is 181 Å². The van der Waals surface area contributed by atoms with Crippen molar-refractivity contribution in [3.05, 3.63) is 59.4 Å². The molecule has 1 aliphatic rings. The maximum Gasteiger partial charge on any atom is 0.262 e. The van der Waals surface area contributed by atoms with Crippen LogP contribution in [0.3, 0.4) is 0 Å². The number of hydrogen-bond donors (Lipinski definition) is 0. The second-order valence-corrected chi connectivity index (χ2v) is 7.23. The number of methoxy groups -OCH3 is 2. The summed E-state index contributed by atoms with van der Waals surface area (Å²) in [6, 6.07) is 11.1. The minimum absolute atomic E-state index is 0.0866. The zero-order valence-corrected chi connectivity index (χ0v) is 18.1. The number of nitrogens with zero attached hydrogens (tertiary/aromatic N) is 3. The first-order chi connectivity index (χ1) is 14.9. The van der Waals surface area contributed by atoms with Gasteiger partial charge in [-0.2, -0.15) is 5.10 Å². The molecule has 0 bridgehead atoms. The number of hydrogen-bond acceptors (Lipinski definition) is 5. The van der Waals surface area contributed by atoms with Gasteiger partial charge in [-0.15, -0.1) is 0 Å². The standard InChI is InChI=1S/C23H26FN3O4/c1-5-22(28)26(2)14-23(29)27-19(16-8-11-20(30-3)21(12-16)31-4)13-18(25-27)15-6-9-17(24)10-7-15/h6-12,19H,5,13-14H2,1-4H3/t19-/m1/s1. The van der Waals surface area contributed by atoms with E-state index in [1.165, 1.54) is 22.0 Å². The summed E-state index contributed by atoms with van der Waals surface area (Å²) in [7, 11) is 4.69. The smallest absolute Gasteiger partial charge is 0.262 e. The molecule has 164 valence electrons. The van der Waals surface area contributed by atoms with Crippen LogP contribution < -0.4 is 9.47 Å². The van der Waals surface area contributed by atoms with E-state index in [2.05, 4.69) is 5.10 Å². The number of hydrazone groups is 1. The summed E-state index contributed by atoms with van der Waals surface area (Å²) in [5, 5.41) is 5.95. The number of rotatable bonds is 7. The van der Waals surface area contributed by atoms with E-state index in [9.17, 15) is 14.0 Å². The van der Waals surface area contributed by atoms with Crippen LogP contribution in [0.5, 0.6) is 11.5 Å². The molecule has 0 aromatic heterocycles. The number of ether oxygens (including phenoxy) is 2. The average molecular weight is 427 g/mol. The quantitative estimate of drug-likeness (QED) is 0.679. The highest BCUT2D eigenvalue weighted by Gasteiger charge is 2.34. The predicted octanol–water partition coefficient (Wildman–Crippen LogP) is 3.39. The number of halogens is 1. The van der Waals surface area contributed by atoms with Crippen LogP contribution in [0.1, 0.15) is 36.9 Å². The van der Waals surface area contributed by atoms with Crippen molar-refractivity contribution in [2.45, 2.75) is 25.8 Å². The Hall–Kier alpha value is -3.42. The maximum absolute atomic E-state index is 13.4. The Morgan fingerprint density at radius 2 is 1.81 bits per heavy atom. The summed E-state index contributed by atoms with van der Waals surface area (Å²) in [4.78, 5) is 26.4. The van der Waals surface area contributed by atoms with E-state index in [1.807, 2.05) is 12.1 Å². The molecule has 3 rings (SSSR count). The van der Waals surface area contributed by atoms with E-state index >= 15 is 0 Å². The second-order valence-electron chi connectivity index (χ2n) is 7.23. The van der Waals surface area contributed by atoms with Crippen LogP contribution in [-0.2, 0) is 9.59 Å². The normalized spacial score (nSPS) is 15.5. The van der Waals surface area contributed by atoms with Gasteiger partial charge in [0.2, 0.25) is 5.91 Å². The lowest BCUT2D eigenvalue weighted by Gasteiger charge is -2.25. The maximum atomic E-state index is 13.4. The summed E-state index contributed by atoms with van der Waals surface area (Å²) in [6.07, 6.45) is 0.755. The minimum atomic E-state index is -0.391. The van der Waals surface area contributed by atoms with E-state index in [4.69, 9.17) is 9.47 Å². The molecule has 2 aromatic rings. The van der Waals surface area contributed by atoms with Crippen molar-refractivity contribution >= 4 is 17.5 Å². The van der Waals surface area contributed by atoms with E-state index < -0.39 is 6.04 Å². The van der Waals surface area contributed by atoms with Crippen LogP contribution in [0.15, 0.2) is 47.6 Å². The predicted molar refractivity (Wildman–Crippen MR) is 115 cm³/mol. The summed E-state index contributed by atoms with van der Waals surface area (Å²) in [6.45, 7) is 1.66. The Balaban J connectivity index is 1.95. The van der Waals surface area contributed by atoms with Gasteiger partial charge < -0.3 is 14.4 Å². The van der Waals surface area contributed by atoms with E-state index in [1.54, 1.807) is 46.4 Å². The summed E-state index contributed by atoms with van der Waals surface area (Å²) >= 11 is 0. The van der Waals surface area contributed by atoms with Crippen LogP contribution in [0, 0.1) is 5.82 Å². The Bertz CT molecular complexity index is 991. The van der Waals surface area contributed by atoms with Gasteiger partial charge in [-0.3, -0.25) is 9.59 Å². The Morgan fingerprint density at radius 1 is 1.13 bits per heavy atom. The molecule has 2 amide bonds. The molecule has 1 heterocycles. The number of carbonyl (C=O) groups excluding carboxylic acids is 2. The molecule has 1 aliphatic heterocycles. The van der Waals surface area contributed by atoms with Crippen LogP contribution in [0.25, 0.3) is 0 Å². The van der Waals surface area contributed by atoms with Gasteiger partial charge in [0.15, 0.2) is 11.5 Å². The van der Waals surface area contributed by atoms with Gasteiger partial charge in [-0.25, -0.2) is 9.40 Å². The number of benzene rings is 2. The molecule has 0 saturated heterocycles. The lowest BCUT2D eigenvalue weighted by molar-refractivity contribution is -0.140. The molecule has 0 N–H and O–H groups in total. The fourth-order valence-corrected chi connectivity index (χ4v) is 3.51. The van der Waals surface area contributed by atoms with Crippen LogP contribution in [0.4, 0.5) is 4.39 Å². The van der Waals surface area contributed by atoms with E-state index in [0.29, 0.717) is 30.1 Å². The fraction of sp³-hybridized carbons (Fsp3) is 0.348. The minimum Gasteiger partial charge on any atom is -0.493 e. The molecule has 8 heteroatoms. The summed E-state index contributed by atoms with van der Waals surface area (Å²) in [5.74, 6) is 0.349. The van der Waals surface area contributed by atoms with Gasteiger partial charge in [-0.1, -0.05) is 25.1 Å². The number of amides is 2. The number of likely N-dealkylation sites (N-methyl/N-ethyl adjacent to an activating group) is 1. The van der Waals surface area contributed by atoms with E-state index in [-0.39, 0.29) is 24.2 Å². The monoisotopic (exact) mass is 427 g/mol. The molecule has 31 heavy (non-hydrogen) atoms. The SMILES string of the molecule is CCC(=O)N(C)CC(=O)N1N=C(c2ccc(F)cc2)C[C@@H]1c1ccc(OC)c(OC)c1. The van der Waals surface area contributed by atoms with Crippen molar-refractivity contribution in [3.8, 4) is 11.5 Å². The fourth-order valence-electron chi connectivity index (χ4n) is 3.51. The zero-order chi connectivity index (χ0) is 22.5. The van der Waals surface area contributed by atoms with Crippen molar-refractivity contribution in [1.29, 1.82) is 0 Å². The molecule has 0 unspecified atom stereocenters. The zero-order valence-electron chi connectivity index (χ0n) is 18.1. The molecular weight excluding hydrogens is 401 g/mol. The van der Waals surface area contributed by atoms with Crippen molar-refractivity contribution in [2.24, 2.45) is 5.10 Å². The highest BCUT2D eigenvalue weighted by Crippen LogP contribution is 2.37. The topological polar surface area (TPSA) is 71.4 Å². The van der Waals surface area contributed by atoms with Gasteiger partial charge in [0.1, 0.15) is 12.4 Å². The molecule has 0 aliphatic carbocycles. The molecule has 0 fully saturated rings. The van der Waals surface area contributed by atoms with Crippen molar-refractivity contribution in [3.63, 3.8) is 0 Å². The third kappa shape index (κ3) is 4.84. The van der Waals surface area contributed by atoms with Gasteiger partial charge in [0, 0.05) is 19.9 Å². The average Bonchev–Trinajstić information content (AvgIpc) is 3.24. The summed E-state index contributed by atoms with van der Waals surface area (Å²) in [5.41, 5.74) is 2.22. The van der Waals surface area contributed by atoms with Crippen molar-refractivity contribution in [1.82, 2.24) is 9.91 Å². The molecule has 7 nitrogen and oxygen atoms in total. The molecule has 2 aromatic carbocycles. The summed E-state index contributed by atoms with van der Waals surface area (Å²) < 4.78 is 24.1. The largest absolute Gasteiger partial charge is 0.493 e. The van der Waals surface area contributed by atoms with Crippen molar-refractivity contribution < 1.29 is 23.5 Å². The van der Waals surface area contributed by atoms with Gasteiger partial charge >= 0.3 is 0 Å². The molecule has 0 radical (unpaired) electrons. The third-order valence-electron chi connectivity index (χ3n) is 5.24. The molecular formula is C23H26FN3O4. The first-order valence-corrected chi connectivity index (χ1v) is 9.99. The number of carbonyl (C=O) groups is 2. The van der Waals surface area contributed by atoms with Gasteiger partial charge in [0.25, 0.3) is 5.91 Å². The first kappa shape index (κ1) is 22.3. The van der Waals surface area contributed by atoms with Crippen molar-refractivity contribution in [2.75, 3.05) is 27.8 Å². The van der Waals surface area contributed by atoms with Crippen LogP contribution in [-0.4, -0.2) is 55.2 Å². The highest BCUT2D eigenvalue weighted by molar-refractivity contribution is 6.03. The highest BCUT2D eigenvalue weighted by atomic mass is 19.1. The third-order valence-corrected chi connectivity index (χ3v) is 5.24. The van der Waals surface area contributed by atoms with Gasteiger partial charge in [-0.05, 0) is 35.4 Å². The second kappa shape index (κ2) is 9.59. The molecule has 0 saturated carbocycles. The molecule has 1 atom stereocenters. The Morgan fingerprint density at radius 3 is 2.42 bits per heavy atom. The van der Waals surface area contributed by atoms with E-state index in [0.717, 1.165) is 11.1 Å². The van der Waals surface area contributed by atoms with Crippen LogP contribution in [0.2, 0.25) is 0 Å².